The summed E-state index contributed by atoms with van der Waals surface area (Å²) in [5.74, 6) is 0.684. The molecule has 1 aromatic rings. The van der Waals surface area contributed by atoms with Crippen LogP contribution in [0.1, 0.15) is 31.7 Å². The summed E-state index contributed by atoms with van der Waals surface area (Å²) in [6, 6.07) is 5.83. The monoisotopic (exact) mass is 540 g/mol. The Morgan fingerprint density at radius 2 is 1.96 bits per heavy atom. The molecule has 0 aliphatic heterocycles. The summed E-state index contributed by atoms with van der Waals surface area (Å²) in [5.41, 5.74) is 1.87. The molecule has 0 bridgehead atoms. The third-order valence-electron chi connectivity index (χ3n) is 3.55. The summed E-state index contributed by atoms with van der Waals surface area (Å²) >= 11 is 3.42. The molecule has 0 unspecified atom stereocenters. The Balaban J connectivity index is 0.00000625. The fourth-order valence-electron chi connectivity index (χ4n) is 2.14. The Labute approximate surface area is 182 Å². The first-order valence-corrected chi connectivity index (χ1v) is 9.44. The number of nitrogens with one attached hydrogen (secondary N) is 3. The molecule has 0 fully saturated rings. The molecular weight excluding hydrogens is 511 g/mol. The summed E-state index contributed by atoms with van der Waals surface area (Å²) in [6.45, 7) is 6.88. The Morgan fingerprint density at radius 3 is 2.65 bits per heavy atom. The Kier molecular flexibility index (Phi) is 14.7. The van der Waals surface area contributed by atoms with E-state index in [9.17, 15) is 4.79 Å². The number of carbonyl (C=O) groups excluding carboxylic acids is 1. The molecule has 26 heavy (non-hydrogen) atoms. The molecule has 0 radical (unpaired) electrons. The van der Waals surface area contributed by atoms with E-state index in [1.165, 1.54) is 0 Å². The van der Waals surface area contributed by atoms with Crippen molar-refractivity contribution in [1.29, 1.82) is 0 Å². The maximum atomic E-state index is 12.1. The smallest absolute Gasteiger partial charge is 0.226 e. The zero-order valence-corrected chi connectivity index (χ0v) is 19.6. The number of anilines is 1. The number of aliphatic imine (C=N–C) groups is 1. The van der Waals surface area contributed by atoms with E-state index in [4.69, 9.17) is 4.74 Å². The van der Waals surface area contributed by atoms with Crippen molar-refractivity contribution in [2.24, 2.45) is 4.99 Å². The molecule has 1 rings (SSSR count). The van der Waals surface area contributed by atoms with Crippen LogP contribution in [0.3, 0.4) is 0 Å². The van der Waals surface area contributed by atoms with Gasteiger partial charge in [0.25, 0.3) is 0 Å². The topological polar surface area (TPSA) is 74.8 Å². The van der Waals surface area contributed by atoms with Crippen molar-refractivity contribution in [3.8, 4) is 0 Å². The molecule has 6 nitrogen and oxygen atoms in total. The van der Waals surface area contributed by atoms with E-state index in [-0.39, 0.29) is 29.9 Å². The summed E-state index contributed by atoms with van der Waals surface area (Å²) in [4.78, 5) is 16.2. The summed E-state index contributed by atoms with van der Waals surface area (Å²) in [6.07, 6.45) is 2.41. The second-order valence-electron chi connectivity index (χ2n) is 5.59. The number of amides is 1. The van der Waals surface area contributed by atoms with Crippen molar-refractivity contribution in [2.45, 2.75) is 33.1 Å². The maximum Gasteiger partial charge on any atom is 0.226 e. The van der Waals surface area contributed by atoms with Crippen LogP contribution in [0.2, 0.25) is 0 Å². The van der Waals surface area contributed by atoms with Gasteiger partial charge in [-0.2, -0.15) is 0 Å². The predicted molar refractivity (Wildman–Crippen MR) is 123 cm³/mol. The van der Waals surface area contributed by atoms with Gasteiger partial charge in [-0.15, -0.1) is 24.0 Å². The normalized spacial score (nSPS) is 10.8. The highest BCUT2D eigenvalue weighted by atomic mass is 127. The third kappa shape index (κ3) is 11.0. The molecule has 0 saturated carbocycles. The van der Waals surface area contributed by atoms with Crippen molar-refractivity contribution in [3.63, 3.8) is 0 Å². The first-order valence-electron chi connectivity index (χ1n) is 8.65. The summed E-state index contributed by atoms with van der Waals surface area (Å²) in [5, 5.41) is 9.32. The molecule has 1 aromatic carbocycles. The van der Waals surface area contributed by atoms with E-state index in [0.29, 0.717) is 18.9 Å². The van der Waals surface area contributed by atoms with Crippen molar-refractivity contribution in [1.82, 2.24) is 10.6 Å². The minimum absolute atomic E-state index is 0. The van der Waals surface area contributed by atoms with Crippen LogP contribution in [0.25, 0.3) is 0 Å². The molecule has 0 aromatic heterocycles. The van der Waals surface area contributed by atoms with Crippen LogP contribution in [-0.4, -0.2) is 45.2 Å². The highest BCUT2D eigenvalue weighted by molar-refractivity contribution is 14.0. The van der Waals surface area contributed by atoms with Crippen LogP contribution in [0, 0.1) is 6.92 Å². The van der Waals surface area contributed by atoms with E-state index in [2.05, 4.69) is 36.9 Å². The summed E-state index contributed by atoms with van der Waals surface area (Å²) in [7, 11) is 1.72. The van der Waals surface area contributed by atoms with Crippen LogP contribution < -0.4 is 16.0 Å². The molecule has 1 amide bonds. The van der Waals surface area contributed by atoms with E-state index in [0.717, 1.165) is 48.3 Å². The van der Waals surface area contributed by atoms with Crippen molar-refractivity contribution >= 4 is 57.5 Å². The standard InChI is InChI=1S/C18H29BrN4O2.HI/c1-4-25-12-6-5-10-21-18(20-3)22-11-9-17(24)23-16-13-15(19)8-7-14(16)2;/h7-8,13H,4-6,9-12H2,1-3H3,(H,23,24)(H2,20,21,22);1H. The largest absolute Gasteiger partial charge is 0.382 e. The molecule has 3 N–H and O–H groups in total. The van der Waals surface area contributed by atoms with Crippen LogP contribution >= 0.6 is 39.9 Å². The molecule has 0 aliphatic rings. The zero-order valence-electron chi connectivity index (χ0n) is 15.7. The number of ether oxygens (including phenoxy) is 1. The Bertz CT molecular complexity index is 570. The molecule has 8 heteroatoms. The van der Waals surface area contributed by atoms with Gasteiger partial charge in [0.05, 0.1) is 0 Å². The van der Waals surface area contributed by atoms with Gasteiger partial charge in [0, 0.05) is 49.9 Å². The van der Waals surface area contributed by atoms with Gasteiger partial charge >= 0.3 is 0 Å². The summed E-state index contributed by atoms with van der Waals surface area (Å²) < 4.78 is 6.25. The zero-order chi connectivity index (χ0) is 18.5. The van der Waals surface area contributed by atoms with Gasteiger partial charge in [-0.25, -0.2) is 0 Å². The Hall–Kier alpha value is -0.870. The SMILES string of the molecule is CCOCCCCNC(=NC)NCCC(=O)Nc1cc(Br)ccc1C.I. The van der Waals surface area contributed by atoms with Gasteiger partial charge in [0.15, 0.2) is 5.96 Å². The average molecular weight is 541 g/mol. The number of rotatable bonds is 10. The molecule has 0 atom stereocenters. The van der Waals surface area contributed by atoms with Crippen molar-refractivity contribution in [3.05, 3.63) is 28.2 Å². The van der Waals surface area contributed by atoms with Crippen molar-refractivity contribution < 1.29 is 9.53 Å². The van der Waals surface area contributed by atoms with Crippen LogP contribution in [0.4, 0.5) is 5.69 Å². The number of guanidine groups is 1. The molecule has 0 aliphatic carbocycles. The fraction of sp³-hybridized carbons (Fsp3) is 0.556. The molecule has 0 heterocycles. The lowest BCUT2D eigenvalue weighted by molar-refractivity contribution is -0.116. The van der Waals surface area contributed by atoms with Gasteiger partial charge < -0.3 is 20.7 Å². The lowest BCUT2D eigenvalue weighted by Gasteiger charge is -2.12. The highest BCUT2D eigenvalue weighted by Gasteiger charge is 2.06. The molecule has 148 valence electrons. The van der Waals surface area contributed by atoms with E-state index in [1.807, 2.05) is 32.0 Å². The van der Waals surface area contributed by atoms with Gasteiger partial charge in [0.2, 0.25) is 5.91 Å². The number of nitrogens with zero attached hydrogens (tertiary/aromatic N) is 1. The van der Waals surface area contributed by atoms with Gasteiger partial charge in [-0.3, -0.25) is 9.79 Å². The van der Waals surface area contributed by atoms with E-state index >= 15 is 0 Å². The Morgan fingerprint density at radius 1 is 1.23 bits per heavy atom. The number of aryl methyl sites for hydroxylation is 1. The minimum Gasteiger partial charge on any atom is -0.382 e. The lowest BCUT2D eigenvalue weighted by Crippen LogP contribution is -2.39. The van der Waals surface area contributed by atoms with Gasteiger partial charge in [-0.1, -0.05) is 22.0 Å². The first kappa shape index (κ1) is 25.1. The lowest BCUT2D eigenvalue weighted by atomic mass is 10.2. The van der Waals surface area contributed by atoms with Crippen LogP contribution in [-0.2, 0) is 9.53 Å². The van der Waals surface area contributed by atoms with Gasteiger partial charge in [-0.05, 0) is 44.4 Å². The predicted octanol–water partition coefficient (Wildman–Crippen LogP) is 3.69. The minimum atomic E-state index is -0.0270. The number of hydrogen-bond acceptors (Lipinski definition) is 3. The van der Waals surface area contributed by atoms with Crippen molar-refractivity contribution in [2.75, 3.05) is 38.7 Å². The van der Waals surface area contributed by atoms with Crippen LogP contribution in [0.5, 0.6) is 0 Å². The maximum absolute atomic E-state index is 12.1. The second kappa shape index (κ2) is 15.2. The van der Waals surface area contributed by atoms with Gasteiger partial charge in [0.1, 0.15) is 0 Å². The van der Waals surface area contributed by atoms with E-state index in [1.54, 1.807) is 7.05 Å². The number of hydrogen-bond donors (Lipinski definition) is 3. The van der Waals surface area contributed by atoms with E-state index < -0.39 is 0 Å². The number of unbranched alkanes of at least 4 members (excludes halogenated alkanes) is 1. The molecule has 0 saturated heterocycles. The second-order valence-corrected chi connectivity index (χ2v) is 6.50. The molecule has 0 spiro atoms. The number of halogens is 2. The average Bonchev–Trinajstić information content (AvgIpc) is 2.59. The number of benzene rings is 1. The molecular formula is C18H30BrIN4O2. The number of carbonyl (C=O) groups is 1. The third-order valence-corrected chi connectivity index (χ3v) is 4.05. The van der Waals surface area contributed by atoms with Crippen LogP contribution in [0.15, 0.2) is 27.7 Å². The quantitative estimate of drug-likeness (QED) is 0.183. The fourth-order valence-corrected chi connectivity index (χ4v) is 2.50. The highest BCUT2D eigenvalue weighted by Crippen LogP contribution is 2.20. The first-order chi connectivity index (χ1) is 12.1.